The Labute approximate surface area is 174 Å². The molecule has 2 N–H and O–H groups in total. The number of rotatable bonds is 6. The van der Waals surface area contributed by atoms with Crippen molar-refractivity contribution in [3.63, 3.8) is 0 Å². The van der Waals surface area contributed by atoms with Gasteiger partial charge in [-0.1, -0.05) is 12.1 Å². The summed E-state index contributed by atoms with van der Waals surface area (Å²) in [6, 6.07) is 13.7. The predicted octanol–water partition coefficient (Wildman–Crippen LogP) is 2.71. The number of carbonyl (C=O) groups is 1. The van der Waals surface area contributed by atoms with E-state index in [0.29, 0.717) is 24.0 Å². The van der Waals surface area contributed by atoms with Crippen molar-refractivity contribution in [2.45, 2.75) is 18.8 Å². The van der Waals surface area contributed by atoms with E-state index in [1.165, 1.54) is 14.6 Å². The van der Waals surface area contributed by atoms with Crippen LogP contribution < -0.4 is 19.7 Å². The van der Waals surface area contributed by atoms with Gasteiger partial charge in [-0.3, -0.25) is 4.79 Å². The fourth-order valence-electron chi connectivity index (χ4n) is 3.86. The second-order valence-electron chi connectivity index (χ2n) is 7.34. The first-order valence-electron chi connectivity index (χ1n) is 9.87. The van der Waals surface area contributed by atoms with Gasteiger partial charge in [-0.25, -0.2) is 4.98 Å². The lowest BCUT2D eigenvalue weighted by molar-refractivity contribution is -0.897. The normalized spacial score (nSPS) is 19.1. The molecule has 6 nitrogen and oxygen atoms in total. The van der Waals surface area contributed by atoms with Crippen LogP contribution in [0.2, 0.25) is 0 Å². The lowest BCUT2D eigenvalue weighted by Crippen LogP contribution is -3.14. The van der Waals surface area contributed by atoms with E-state index in [-0.39, 0.29) is 5.91 Å². The SMILES string of the molecule is COc1ccc(NC(=O)C[NH+]2CCC(c3nc4ccccc4s3)CC2)cc1OC. The number of carbonyl (C=O) groups excluding carboxylic acids is 1. The molecule has 2 heterocycles. The zero-order chi connectivity index (χ0) is 20.2. The molecule has 152 valence electrons. The van der Waals surface area contributed by atoms with Gasteiger partial charge in [0.05, 0.1) is 42.5 Å². The average Bonchev–Trinajstić information content (AvgIpc) is 3.18. The molecular formula is C22H26N3O3S+. The number of nitrogens with zero attached hydrogens (tertiary/aromatic N) is 1. The summed E-state index contributed by atoms with van der Waals surface area (Å²) < 4.78 is 11.8. The molecule has 1 fully saturated rings. The number of benzene rings is 2. The van der Waals surface area contributed by atoms with Crippen molar-refractivity contribution in [1.29, 1.82) is 0 Å². The molecule has 4 rings (SSSR count). The third-order valence-corrected chi connectivity index (χ3v) is 6.63. The second-order valence-corrected chi connectivity index (χ2v) is 8.40. The summed E-state index contributed by atoms with van der Waals surface area (Å²) in [5, 5.41) is 4.21. The summed E-state index contributed by atoms with van der Waals surface area (Å²) in [6.07, 6.45) is 2.14. The van der Waals surface area contributed by atoms with E-state index in [9.17, 15) is 4.79 Å². The van der Waals surface area contributed by atoms with Crippen LogP contribution in [0.1, 0.15) is 23.8 Å². The van der Waals surface area contributed by atoms with Gasteiger partial charge in [0.25, 0.3) is 5.91 Å². The van der Waals surface area contributed by atoms with Crippen LogP contribution in [0.25, 0.3) is 10.2 Å². The highest BCUT2D eigenvalue weighted by Gasteiger charge is 2.27. The zero-order valence-electron chi connectivity index (χ0n) is 16.7. The van der Waals surface area contributed by atoms with Crippen molar-refractivity contribution in [2.75, 3.05) is 39.2 Å². The first kappa shape index (κ1) is 19.7. The number of aromatic nitrogens is 1. The van der Waals surface area contributed by atoms with Gasteiger partial charge in [0.2, 0.25) is 0 Å². The van der Waals surface area contributed by atoms with Crippen LogP contribution in [-0.4, -0.2) is 44.7 Å². The molecule has 7 heteroatoms. The molecule has 3 aromatic rings. The predicted molar refractivity (Wildman–Crippen MR) is 115 cm³/mol. The first-order valence-corrected chi connectivity index (χ1v) is 10.7. The van der Waals surface area contributed by atoms with E-state index < -0.39 is 0 Å². The molecule has 0 unspecified atom stereocenters. The number of ether oxygens (including phenoxy) is 2. The molecule has 0 spiro atoms. The molecule has 1 aliphatic rings. The van der Waals surface area contributed by atoms with Gasteiger partial charge in [-0.05, 0) is 24.3 Å². The van der Waals surface area contributed by atoms with Crippen LogP contribution in [0.4, 0.5) is 5.69 Å². The largest absolute Gasteiger partial charge is 0.493 e. The molecule has 0 saturated carbocycles. The van der Waals surface area contributed by atoms with Crippen LogP contribution in [0, 0.1) is 0 Å². The molecule has 0 aliphatic carbocycles. The fourth-order valence-corrected chi connectivity index (χ4v) is 5.00. The minimum atomic E-state index is 0.0191. The number of nitrogens with one attached hydrogen (secondary N) is 2. The molecule has 1 aliphatic heterocycles. The third kappa shape index (κ3) is 4.52. The van der Waals surface area contributed by atoms with Gasteiger partial charge in [0, 0.05) is 30.5 Å². The average molecular weight is 413 g/mol. The van der Waals surface area contributed by atoms with Crippen LogP contribution in [-0.2, 0) is 4.79 Å². The number of piperidine rings is 1. The lowest BCUT2D eigenvalue weighted by atomic mass is 9.97. The highest BCUT2D eigenvalue weighted by atomic mass is 32.1. The van der Waals surface area contributed by atoms with E-state index >= 15 is 0 Å². The van der Waals surface area contributed by atoms with Gasteiger partial charge in [-0.15, -0.1) is 11.3 Å². The Morgan fingerprint density at radius 2 is 1.90 bits per heavy atom. The monoisotopic (exact) mass is 412 g/mol. The summed E-state index contributed by atoms with van der Waals surface area (Å²) in [5.74, 6) is 1.78. The Kier molecular flexibility index (Phi) is 5.97. The van der Waals surface area contributed by atoms with Crippen molar-refractivity contribution in [3.05, 3.63) is 47.5 Å². The standard InChI is InChI=1S/C22H25N3O3S/c1-27-18-8-7-16(13-19(18)28-2)23-21(26)14-25-11-9-15(10-12-25)22-24-17-5-3-4-6-20(17)29-22/h3-8,13,15H,9-12,14H2,1-2H3,(H,23,26)/p+1. The summed E-state index contributed by atoms with van der Waals surface area (Å²) >= 11 is 1.81. The number of hydrogen-bond donors (Lipinski definition) is 2. The molecular weight excluding hydrogens is 386 g/mol. The fraction of sp³-hybridized carbons (Fsp3) is 0.364. The van der Waals surface area contributed by atoms with Gasteiger partial charge in [0.1, 0.15) is 0 Å². The molecule has 1 amide bonds. The Bertz CT molecular complexity index is 963. The highest BCUT2D eigenvalue weighted by molar-refractivity contribution is 7.18. The molecule has 0 bridgehead atoms. The molecule has 0 radical (unpaired) electrons. The minimum absolute atomic E-state index is 0.0191. The Morgan fingerprint density at radius 1 is 1.14 bits per heavy atom. The Hall–Kier alpha value is -2.64. The van der Waals surface area contributed by atoms with Crippen molar-refractivity contribution >= 4 is 33.1 Å². The number of thiazole rings is 1. The molecule has 1 aromatic heterocycles. The van der Waals surface area contributed by atoms with Crippen molar-refractivity contribution in [2.24, 2.45) is 0 Å². The van der Waals surface area contributed by atoms with Crippen LogP contribution in [0.3, 0.4) is 0 Å². The van der Waals surface area contributed by atoms with E-state index in [1.54, 1.807) is 37.7 Å². The third-order valence-electron chi connectivity index (χ3n) is 5.43. The maximum absolute atomic E-state index is 12.5. The Balaban J connectivity index is 1.30. The van der Waals surface area contributed by atoms with Crippen LogP contribution in [0.5, 0.6) is 11.5 Å². The maximum atomic E-state index is 12.5. The smallest absolute Gasteiger partial charge is 0.279 e. The Morgan fingerprint density at radius 3 is 2.62 bits per heavy atom. The van der Waals surface area contributed by atoms with Crippen molar-refractivity contribution in [1.82, 2.24) is 4.98 Å². The zero-order valence-corrected chi connectivity index (χ0v) is 17.6. The van der Waals surface area contributed by atoms with Gasteiger partial charge < -0.3 is 19.7 Å². The van der Waals surface area contributed by atoms with E-state index in [0.717, 1.165) is 37.1 Å². The number of quaternary nitrogens is 1. The molecule has 1 saturated heterocycles. The molecule has 2 aromatic carbocycles. The van der Waals surface area contributed by atoms with E-state index in [4.69, 9.17) is 14.5 Å². The number of methoxy groups -OCH3 is 2. The molecule has 0 atom stereocenters. The summed E-state index contributed by atoms with van der Waals surface area (Å²) in [5.41, 5.74) is 1.81. The minimum Gasteiger partial charge on any atom is -0.493 e. The lowest BCUT2D eigenvalue weighted by Gasteiger charge is -2.27. The van der Waals surface area contributed by atoms with Gasteiger partial charge in [-0.2, -0.15) is 0 Å². The second kappa shape index (κ2) is 8.80. The highest BCUT2D eigenvalue weighted by Crippen LogP contribution is 2.32. The quantitative estimate of drug-likeness (QED) is 0.653. The number of fused-ring (bicyclic) bond motifs is 1. The van der Waals surface area contributed by atoms with E-state index in [2.05, 4.69) is 23.5 Å². The van der Waals surface area contributed by atoms with Crippen molar-refractivity contribution < 1.29 is 19.2 Å². The number of anilines is 1. The number of amides is 1. The van der Waals surface area contributed by atoms with E-state index in [1.807, 2.05) is 12.1 Å². The van der Waals surface area contributed by atoms with Crippen LogP contribution >= 0.6 is 11.3 Å². The topological polar surface area (TPSA) is 64.9 Å². The van der Waals surface area contributed by atoms with Crippen molar-refractivity contribution in [3.8, 4) is 11.5 Å². The summed E-state index contributed by atoms with van der Waals surface area (Å²) in [4.78, 5) is 18.6. The molecule has 29 heavy (non-hydrogen) atoms. The maximum Gasteiger partial charge on any atom is 0.279 e. The van der Waals surface area contributed by atoms with Gasteiger partial charge in [0.15, 0.2) is 18.0 Å². The summed E-state index contributed by atoms with van der Waals surface area (Å²) in [6.45, 7) is 2.45. The number of likely N-dealkylation sites (tertiary alicyclic amines) is 1. The summed E-state index contributed by atoms with van der Waals surface area (Å²) in [7, 11) is 3.18. The number of hydrogen-bond acceptors (Lipinski definition) is 5. The first-order chi connectivity index (χ1) is 14.2. The number of para-hydroxylation sites is 1. The van der Waals surface area contributed by atoms with Crippen LogP contribution in [0.15, 0.2) is 42.5 Å². The van der Waals surface area contributed by atoms with Gasteiger partial charge >= 0.3 is 0 Å².